The third kappa shape index (κ3) is 60.1. The Bertz CT molecular complexity index is 1540. The summed E-state index contributed by atoms with van der Waals surface area (Å²) in [4.78, 5) is 37.8. The maximum Gasteiger partial charge on any atom is 0.472 e. The molecule has 0 aliphatic carbocycles. The first-order valence-corrected chi connectivity index (χ1v) is 35.1. The molecule has 0 aromatic carbocycles. The quantitative estimate of drug-likeness (QED) is 0.0156. The number of carbonyl (C=O) groups is 2. The van der Waals surface area contributed by atoms with Gasteiger partial charge in [-0.1, -0.05) is 275 Å². The number of esters is 1. The van der Waals surface area contributed by atoms with Gasteiger partial charge >= 0.3 is 13.8 Å². The molecule has 10 heteroatoms. The monoisotopic (exact) mass is 1130 g/mol. The van der Waals surface area contributed by atoms with Crippen LogP contribution in [0, 0.1) is 0 Å². The van der Waals surface area contributed by atoms with E-state index in [-0.39, 0.29) is 31.5 Å². The van der Waals surface area contributed by atoms with Gasteiger partial charge < -0.3 is 19.4 Å². The molecule has 3 unspecified atom stereocenters. The fourth-order valence-corrected chi connectivity index (χ4v) is 10.5. The third-order valence-corrected chi connectivity index (χ3v) is 15.9. The average Bonchev–Trinajstić information content (AvgIpc) is 3.41. The summed E-state index contributed by atoms with van der Waals surface area (Å²) in [6.45, 7) is 6.98. The first kappa shape index (κ1) is 76.7. The molecule has 0 saturated carbocycles. The van der Waals surface area contributed by atoms with Crippen molar-refractivity contribution in [2.45, 2.75) is 328 Å². The number of amides is 1. The zero-order valence-electron chi connectivity index (χ0n) is 52.9. The number of unbranched alkanes of at least 4 members (excludes halogenated alkanes) is 38. The van der Waals surface area contributed by atoms with E-state index in [1.165, 1.54) is 199 Å². The van der Waals surface area contributed by atoms with Crippen LogP contribution >= 0.6 is 7.82 Å². The first-order valence-electron chi connectivity index (χ1n) is 33.6. The molecule has 79 heavy (non-hydrogen) atoms. The lowest BCUT2D eigenvalue weighted by Crippen LogP contribution is -2.47. The van der Waals surface area contributed by atoms with Crippen LogP contribution in [0.2, 0.25) is 0 Å². The van der Waals surface area contributed by atoms with Crippen molar-refractivity contribution in [2.24, 2.45) is 0 Å². The maximum atomic E-state index is 13.6. The van der Waals surface area contributed by atoms with Gasteiger partial charge in [0, 0.05) is 12.8 Å². The van der Waals surface area contributed by atoms with E-state index in [1.54, 1.807) is 0 Å². The van der Waals surface area contributed by atoms with Crippen molar-refractivity contribution >= 4 is 19.7 Å². The summed E-state index contributed by atoms with van der Waals surface area (Å²) in [5, 5.41) is 3.06. The summed E-state index contributed by atoms with van der Waals surface area (Å²) >= 11 is 0. The van der Waals surface area contributed by atoms with Gasteiger partial charge in [0.2, 0.25) is 5.91 Å². The summed E-state index contributed by atoms with van der Waals surface area (Å²) in [6, 6.07) is -0.855. The Balaban J connectivity index is 5.11. The van der Waals surface area contributed by atoms with E-state index in [1.807, 2.05) is 33.3 Å². The zero-order valence-corrected chi connectivity index (χ0v) is 53.8. The molecule has 0 aromatic heterocycles. The predicted octanol–water partition coefficient (Wildman–Crippen LogP) is 21.0. The standard InChI is InChI=1S/C69H129N2O7P/c1-7-10-13-16-19-22-25-28-30-31-32-33-34-35-36-37-38-39-41-44-47-50-53-56-59-62-69(73)78-67(60-57-54-51-48-45-42-27-24-21-18-15-12-9-3)66(65-77-79(74,75)76-64-63-71(4,5)6)70-68(72)61-58-55-52-49-46-43-40-29-26-23-20-17-14-11-8-2/h19-20,22-23,26,28-30,57,60,66-67H,7-18,21,24-25,27,31-56,58-59,61-65H2,1-6H3,(H-,70,72,74,75)/p+1/b22-19-,23-20+,29-26+,30-28-,60-57-. The fourth-order valence-electron chi connectivity index (χ4n) is 9.73. The fraction of sp³-hybridized carbons (Fsp3) is 0.826. The zero-order chi connectivity index (χ0) is 57.9. The number of phosphoric acid groups is 1. The summed E-state index contributed by atoms with van der Waals surface area (Å²) < 4.78 is 30.8. The smallest absolute Gasteiger partial charge is 0.456 e. The van der Waals surface area contributed by atoms with Gasteiger partial charge in [-0.15, -0.1) is 0 Å². The van der Waals surface area contributed by atoms with Crippen LogP contribution in [0.25, 0.3) is 0 Å². The van der Waals surface area contributed by atoms with Gasteiger partial charge in [-0.25, -0.2) is 4.57 Å². The molecule has 3 atom stereocenters. The second kappa shape index (κ2) is 58.9. The normalized spacial score (nSPS) is 14.0. The predicted molar refractivity (Wildman–Crippen MR) is 342 cm³/mol. The molecule has 0 heterocycles. The van der Waals surface area contributed by atoms with Crippen LogP contribution in [0.1, 0.15) is 316 Å². The first-order chi connectivity index (χ1) is 38.4. The molecule has 0 radical (unpaired) electrons. The number of rotatable bonds is 61. The Labute approximate surface area is 490 Å². The van der Waals surface area contributed by atoms with Crippen LogP contribution in [0.3, 0.4) is 0 Å². The molecule has 1 amide bonds. The summed E-state index contributed by atoms with van der Waals surface area (Å²) in [7, 11) is 1.49. The molecule has 0 rings (SSSR count). The van der Waals surface area contributed by atoms with Gasteiger partial charge in [0.05, 0.1) is 33.8 Å². The minimum absolute atomic E-state index is 0.0377. The van der Waals surface area contributed by atoms with Crippen LogP contribution in [0.5, 0.6) is 0 Å². The van der Waals surface area contributed by atoms with E-state index in [9.17, 15) is 19.0 Å². The minimum atomic E-state index is -4.45. The van der Waals surface area contributed by atoms with E-state index < -0.39 is 20.0 Å². The molecule has 0 aromatic rings. The topological polar surface area (TPSA) is 111 Å². The minimum Gasteiger partial charge on any atom is -0.456 e. The second-order valence-electron chi connectivity index (χ2n) is 24.0. The molecule has 0 saturated heterocycles. The van der Waals surface area contributed by atoms with Crippen molar-refractivity contribution < 1.29 is 37.3 Å². The van der Waals surface area contributed by atoms with Gasteiger partial charge in [-0.2, -0.15) is 0 Å². The van der Waals surface area contributed by atoms with Crippen molar-refractivity contribution in [3.05, 3.63) is 60.8 Å². The average molecular weight is 1130 g/mol. The molecule has 2 N–H and O–H groups in total. The van der Waals surface area contributed by atoms with Crippen LogP contribution in [-0.2, 0) is 27.9 Å². The lowest BCUT2D eigenvalue weighted by molar-refractivity contribution is -0.870. The van der Waals surface area contributed by atoms with Gasteiger partial charge in [0.25, 0.3) is 0 Å². The number of carbonyl (C=O) groups excluding carboxylic acids is 2. The van der Waals surface area contributed by atoms with E-state index in [0.29, 0.717) is 17.4 Å². The third-order valence-electron chi connectivity index (χ3n) is 15.0. The van der Waals surface area contributed by atoms with E-state index in [0.717, 1.165) is 83.5 Å². The molecule has 0 spiro atoms. The molecular weight excluding hydrogens is 1000 g/mol. The van der Waals surface area contributed by atoms with Crippen LogP contribution in [0.4, 0.5) is 0 Å². The number of phosphoric ester groups is 1. The van der Waals surface area contributed by atoms with Crippen molar-refractivity contribution in [2.75, 3.05) is 40.9 Å². The Morgan fingerprint density at radius 2 is 0.810 bits per heavy atom. The highest BCUT2D eigenvalue weighted by molar-refractivity contribution is 7.47. The number of nitrogens with zero attached hydrogens (tertiary/aromatic N) is 1. The number of quaternary nitrogens is 1. The second-order valence-corrected chi connectivity index (χ2v) is 25.5. The Hall–Kier alpha value is -2.29. The van der Waals surface area contributed by atoms with Gasteiger partial charge in [-0.05, 0) is 89.5 Å². The summed E-state index contributed by atoms with van der Waals surface area (Å²) in [5.41, 5.74) is 0. The van der Waals surface area contributed by atoms with Crippen LogP contribution in [0.15, 0.2) is 60.8 Å². The largest absolute Gasteiger partial charge is 0.472 e. The van der Waals surface area contributed by atoms with Crippen LogP contribution in [-0.4, -0.2) is 74.3 Å². The summed E-state index contributed by atoms with van der Waals surface area (Å²) in [6.07, 6.45) is 75.1. The number of allylic oxidation sites excluding steroid dienone is 9. The summed E-state index contributed by atoms with van der Waals surface area (Å²) in [5.74, 6) is -0.509. The maximum absolute atomic E-state index is 13.6. The van der Waals surface area contributed by atoms with Gasteiger partial charge in [0.1, 0.15) is 19.3 Å². The van der Waals surface area contributed by atoms with E-state index in [4.69, 9.17) is 13.8 Å². The lowest BCUT2D eigenvalue weighted by Gasteiger charge is -2.27. The number of hydrogen-bond acceptors (Lipinski definition) is 6. The highest BCUT2D eigenvalue weighted by Gasteiger charge is 2.30. The molecule has 0 bridgehead atoms. The van der Waals surface area contributed by atoms with Gasteiger partial charge in [-0.3, -0.25) is 18.6 Å². The number of ether oxygens (including phenoxy) is 1. The van der Waals surface area contributed by atoms with Crippen molar-refractivity contribution in [1.82, 2.24) is 5.32 Å². The van der Waals surface area contributed by atoms with Crippen molar-refractivity contribution in [3.8, 4) is 0 Å². The van der Waals surface area contributed by atoms with Crippen molar-refractivity contribution in [3.63, 3.8) is 0 Å². The molecule has 0 aliphatic rings. The van der Waals surface area contributed by atoms with Crippen molar-refractivity contribution in [1.29, 1.82) is 0 Å². The molecule has 462 valence electrons. The lowest BCUT2D eigenvalue weighted by atomic mass is 10.0. The molecular formula is C69H130N2O7P+. The van der Waals surface area contributed by atoms with E-state index >= 15 is 0 Å². The molecule has 9 nitrogen and oxygen atoms in total. The number of hydrogen-bond donors (Lipinski definition) is 2. The number of likely N-dealkylation sites (N-methyl/N-ethyl adjacent to an activating group) is 1. The molecule has 0 fully saturated rings. The highest BCUT2D eigenvalue weighted by atomic mass is 31.2. The SMILES string of the molecule is CCCCC/C=C\C/C=C\CCCCCCCCCCCCCCCCCC(=O)OC(/C=C\CCCCCCCCCCCCC)C(COP(=O)(O)OCC[N+](C)(C)C)NC(=O)CCCCCCCC/C=C/C=C/CCCCC. The van der Waals surface area contributed by atoms with E-state index in [2.05, 4.69) is 74.7 Å². The Morgan fingerprint density at radius 1 is 0.456 bits per heavy atom. The van der Waals surface area contributed by atoms with Crippen LogP contribution < -0.4 is 5.32 Å². The highest BCUT2D eigenvalue weighted by Crippen LogP contribution is 2.43. The number of nitrogens with one attached hydrogen (secondary N) is 1. The molecule has 0 aliphatic heterocycles. The van der Waals surface area contributed by atoms with Gasteiger partial charge in [0.15, 0.2) is 0 Å². The Kier molecular flexibility index (Phi) is 57.2. The Morgan fingerprint density at radius 3 is 1.24 bits per heavy atom.